The van der Waals surface area contributed by atoms with E-state index >= 15 is 0 Å². The molecule has 4 heteroatoms. The molecule has 1 aliphatic rings. The highest BCUT2D eigenvalue weighted by molar-refractivity contribution is 6.31. The van der Waals surface area contributed by atoms with Gasteiger partial charge in [-0.15, -0.1) is 0 Å². The molecule has 0 aliphatic heterocycles. The van der Waals surface area contributed by atoms with Crippen LogP contribution in [0.1, 0.15) is 36.1 Å². The molecule has 2 aromatic rings. The van der Waals surface area contributed by atoms with E-state index in [1.165, 1.54) is 17.5 Å². The molecule has 0 radical (unpaired) electrons. The zero-order valence-corrected chi connectivity index (χ0v) is 14.0. The van der Waals surface area contributed by atoms with Crippen molar-refractivity contribution in [3.8, 4) is 0 Å². The second-order valence-electron chi connectivity index (χ2n) is 6.01. The van der Waals surface area contributed by atoms with Crippen molar-refractivity contribution in [1.82, 2.24) is 5.32 Å². The van der Waals surface area contributed by atoms with E-state index in [-0.39, 0.29) is 18.5 Å². The van der Waals surface area contributed by atoms with Crippen LogP contribution in [0.25, 0.3) is 0 Å². The molecule has 0 heterocycles. The third kappa shape index (κ3) is 3.92. The lowest BCUT2D eigenvalue weighted by Crippen LogP contribution is -2.30. The van der Waals surface area contributed by atoms with Crippen LogP contribution in [0.3, 0.4) is 0 Å². The maximum Gasteiger partial charge on any atom is 0.238 e. The van der Waals surface area contributed by atoms with Crippen LogP contribution in [-0.4, -0.2) is 12.5 Å². The lowest BCUT2D eigenvalue weighted by molar-refractivity contribution is -0.115. The molecule has 1 unspecified atom stereocenters. The van der Waals surface area contributed by atoms with Gasteiger partial charge in [0.2, 0.25) is 5.91 Å². The summed E-state index contributed by atoms with van der Waals surface area (Å²) in [6.45, 7) is 2.26. The first kappa shape index (κ1) is 16.0. The number of amides is 1. The normalized spacial score (nSPS) is 14.3. The van der Waals surface area contributed by atoms with Crippen LogP contribution in [0.4, 0.5) is 5.69 Å². The fraction of sp³-hybridized carbons (Fsp3) is 0.316. The van der Waals surface area contributed by atoms with Crippen LogP contribution in [0, 0.1) is 0 Å². The Bertz CT molecular complexity index is 714. The van der Waals surface area contributed by atoms with Gasteiger partial charge in [-0.3, -0.25) is 4.79 Å². The Hall–Kier alpha value is -1.84. The number of anilines is 1. The maximum absolute atomic E-state index is 12.1. The zero-order chi connectivity index (χ0) is 16.2. The number of aryl methyl sites for hydroxylation is 2. The Balaban J connectivity index is 1.54. The third-order valence-electron chi connectivity index (χ3n) is 4.32. The van der Waals surface area contributed by atoms with Crippen LogP contribution in [0.5, 0.6) is 0 Å². The Morgan fingerprint density at radius 1 is 1.17 bits per heavy atom. The van der Waals surface area contributed by atoms with Crippen LogP contribution in [0.2, 0.25) is 5.02 Å². The van der Waals surface area contributed by atoms with Crippen LogP contribution in [0.15, 0.2) is 42.5 Å². The second-order valence-corrected chi connectivity index (χ2v) is 6.42. The molecular weight excluding hydrogens is 308 g/mol. The molecule has 1 aliphatic carbocycles. The van der Waals surface area contributed by atoms with Crippen molar-refractivity contribution in [1.29, 1.82) is 0 Å². The molecule has 0 fully saturated rings. The summed E-state index contributed by atoms with van der Waals surface area (Å²) in [5.41, 5.74) is 4.65. The van der Waals surface area contributed by atoms with Gasteiger partial charge in [-0.1, -0.05) is 35.9 Å². The van der Waals surface area contributed by atoms with Gasteiger partial charge in [-0.2, -0.15) is 0 Å². The largest absolute Gasteiger partial charge is 0.325 e. The summed E-state index contributed by atoms with van der Waals surface area (Å²) >= 11 is 6.18. The number of benzene rings is 2. The van der Waals surface area contributed by atoms with E-state index in [4.69, 9.17) is 11.6 Å². The molecule has 0 bridgehead atoms. The quantitative estimate of drug-likeness (QED) is 0.867. The lowest BCUT2D eigenvalue weighted by atomic mass is 10.1. The SMILES string of the molecule is CC(NCC(=O)Nc1ccc2c(c1)CCC2)c1ccccc1Cl. The van der Waals surface area contributed by atoms with Gasteiger partial charge in [-0.25, -0.2) is 0 Å². The van der Waals surface area contributed by atoms with Crippen molar-refractivity contribution in [3.05, 3.63) is 64.2 Å². The van der Waals surface area contributed by atoms with E-state index < -0.39 is 0 Å². The smallest absolute Gasteiger partial charge is 0.238 e. The van der Waals surface area contributed by atoms with Crippen molar-refractivity contribution in [2.45, 2.75) is 32.2 Å². The standard InChI is InChI=1S/C19H21ClN2O/c1-13(17-7-2-3-8-18(17)20)21-12-19(23)22-16-10-9-14-5-4-6-15(14)11-16/h2-3,7-11,13,21H,4-6,12H2,1H3,(H,22,23). The van der Waals surface area contributed by atoms with Crippen molar-refractivity contribution >= 4 is 23.2 Å². The third-order valence-corrected chi connectivity index (χ3v) is 4.67. The maximum atomic E-state index is 12.1. The van der Waals surface area contributed by atoms with Crippen molar-refractivity contribution in [3.63, 3.8) is 0 Å². The molecule has 120 valence electrons. The Labute approximate surface area is 142 Å². The van der Waals surface area contributed by atoms with Crippen LogP contribution < -0.4 is 10.6 Å². The monoisotopic (exact) mass is 328 g/mol. The average molecular weight is 329 g/mol. The van der Waals surface area contributed by atoms with Gasteiger partial charge in [0.15, 0.2) is 0 Å². The van der Waals surface area contributed by atoms with Gasteiger partial charge >= 0.3 is 0 Å². The molecule has 2 N–H and O–H groups in total. The summed E-state index contributed by atoms with van der Waals surface area (Å²) in [5, 5.41) is 6.89. The molecule has 0 saturated heterocycles. The molecule has 0 aromatic heterocycles. The molecular formula is C19H21ClN2O. The first-order valence-corrected chi connectivity index (χ1v) is 8.41. The summed E-state index contributed by atoms with van der Waals surface area (Å²) in [6.07, 6.45) is 3.48. The molecule has 0 saturated carbocycles. The zero-order valence-electron chi connectivity index (χ0n) is 13.2. The summed E-state index contributed by atoms with van der Waals surface area (Å²) < 4.78 is 0. The van der Waals surface area contributed by atoms with E-state index in [9.17, 15) is 4.79 Å². The number of fused-ring (bicyclic) bond motifs is 1. The van der Waals surface area contributed by atoms with E-state index in [1.807, 2.05) is 37.3 Å². The summed E-state index contributed by atoms with van der Waals surface area (Å²) in [7, 11) is 0. The molecule has 3 nitrogen and oxygen atoms in total. The summed E-state index contributed by atoms with van der Waals surface area (Å²) in [6, 6.07) is 13.9. The predicted octanol–water partition coefficient (Wildman–Crippen LogP) is 4.12. The fourth-order valence-corrected chi connectivity index (χ4v) is 3.34. The summed E-state index contributed by atoms with van der Waals surface area (Å²) in [4.78, 5) is 12.1. The average Bonchev–Trinajstić information content (AvgIpc) is 3.01. The first-order valence-electron chi connectivity index (χ1n) is 8.03. The lowest BCUT2D eigenvalue weighted by Gasteiger charge is -2.15. The van der Waals surface area contributed by atoms with Gasteiger partial charge in [0, 0.05) is 16.8 Å². The number of hydrogen-bond acceptors (Lipinski definition) is 2. The van der Waals surface area contributed by atoms with Gasteiger partial charge in [0.1, 0.15) is 0 Å². The van der Waals surface area contributed by atoms with Gasteiger partial charge in [-0.05, 0) is 61.1 Å². The highest BCUT2D eigenvalue weighted by atomic mass is 35.5. The molecule has 1 atom stereocenters. The predicted molar refractivity (Wildman–Crippen MR) is 95.0 cm³/mol. The molecule has 0 spiro atoms. The van der Waals surface area contributed by atoms with Crippen molar-refractivity contribution in [2.75, 3.05) is 11.9 Å². The minimum atomic E-state index is -0.0400. The minimum Gasteiger partial charge on any atom is -0.325 e. The van der Waals surface area contributed by atoms with Crippen LogP contribution in [-0.2, 0) is 17.6 Å². The van der Waals surface area contributed by atoms with E-state index in [1.54, 1.807) is 0 Å². The molecule has 3 rings (SSSR count). The van der Waals surface area contributed by atoms with E-state index in [2.05, 4.69) is 22.8 Å². The number of nitrogens with one attached hydrogen (secondary N) is 2. The first-order chi connectivity index (χ1) is 11.1. The second kappa shape index (κ2) is 7.16. The molecule has 2 aromatic carbocycles. The molecule has 23 heavy (non-hydrogen) atoms. The van der Waals surface area contributed by atoms with E-state index in [0.29, 0.717) is 5.02 Å². The number of halogens is 1. The van der Waals surface area contributed by atoms with Crippen molar-refractivity contribution < 1.29 is 4.79 Å². The highest BCUT2D eigenvalue weighted by Gasteiger charge is 2.13. The van der Waals surface area contributed by atoms with Crippen molar-refractivity contribution in [2.24, 2.45) is 0 Å². The topological polar surface area (TPSA) is 41.1 Å². The summed E-state index contributed by atoms with van der Waals surface area (Å²) in [5.74, 6) is -0.0400. The highest BCUT2D eigenvalue weighted by Crippen LogP contribution is 2.25. The fourth-order valence-electron chi connectivity index (χ4n) is 3.04. The Morgan fingerprint density at radius 3 is 2.78 bits per heavy atom. The minimum absolute atomic E-state index is 0.0227. The molecule has 1 amide bonds. The van der Waals surface area contributed by atoms with Gasteiger partial charge < -0.3 is 10.6 Å². The number of carbonyl (C=O) groups is 1. The number of carbonyl (C=O) groups excluding carboxylic acids is 1. The number of hydrogen-bond donors (Lipinski definition) is 2. The van der Waals surface area contributed by atoms with Gasteiger partial charge in [0.05, 0.1) is 6.54 Å². The Morgan fingerprint density at radius 2 is 1.96 bits per heavy atom. The van der Waals surface area contributed by atoms with Crippen LogP contribution >= 0.6 is 11.6 Å². The van der Waals surface area contributed by atoms with Gasteiger partial charge in [0.25, 0.3) is 0 Å². The Kier molecular flexibility index (Phi) is 4.99. The van der Waals surface area contributed by atoms with E-state index in [0.717, 1.165) is 24.1 Å². The number of rotatable bonds is 5.